The van der Waals surface area contributed by atoms with Crippen molar-refractivity contribution in [2.75, 3.05) is 0 Å². The molecule has 44 valence electrons. The molecule has 0 radical (unpaired) electrons. The molecule has 0 aliphatic heterocycles. The van der Waals surface area contributed by atoms with Gasteiger partial charge >= 0.3 is 0 Å². The molecule has 0 spiro atoms. The van der Waals surface area contributed by atoms with Gasteiger partial charge in [-0.3, -0.25) is 0 Å². The normalized spacial score (nSPS) is 9.75. The minimum Gasteiger partial charge on any atom is -0.244 e. The fraction of sp³-hybridized carbons (Fsp3) is 0.500. The smallest absolute Gasteiger partial charge is 0.122 e. The Morgan fingerprint density at radius 1 is 1.62 bits per heavy atom. The van der Waals surface area contributed by atoms with Crippen molar-refractivity contribution in [1.29, 1.82) is 0 Å². The predicted octanol–water partition coefficient (Wildman–Crippen LogP) is 1.12. The Morgan fingerprint density at radius 2 is 2.38 bits per heavy atom. The van der Waals surface area contributed by atoms with Crippen LogP contribution in [0, 0.1) is 6.92 Å². The van der Waals surface area contributed by atoms with Crippen LogP contribution in [-0.4, -0.2) is 10.3 Å². The molecule has 0 fully saturated rings. The van der Waals surface area contributed by atoms with Crippen molar-refractivity contribution < 1.29 is 4.63 Å². The fourth-order valence-corrected chi connectivity index (χ4v) is 0.613. The number of halogens is 1. The average molecular weight is 133 g/mol. The maximum absolute atomic E-state index is 5.41. The highest BCUT2D eigenvalue weighted by Crippen LogP contribution is 2.02. The van der Waals surface area contributed by atoms with Crippen LogP contribution in [0.2, 0.25) is 0 Å². The van der Waals surface area contributed by atoms with Gasteiger partial charge in [0.25, 0.3) is 0 Å². The second kappa shape index (κ2) is 2.13. The van der Waals surface area contributed by atoms with E-state index in [-0.39, 0.29) is 0 Å². The largest absolute Gasteiger partial charge is 0.244 e. The van der Waals surface area contributed by atoms with Gasteiger partial charge in [0.15, 0.2) is 0 Å². The lowest BCUT2D eigenvalue weighted by Gasteiger charge is -1.78. The molecule has 0 aliphatic carbocycles. The molecule has 0 bridgehead atoms. The monoisotopic (exact) mass is 132 g/mol. The number of aryl methyl sites for hydroxylation is 1. The summed E-state index contributed by atoms with van der Waals surface area (Å²) >= 11 is 5.41. The molecule has 1 aromatic rings. The average Bonchev–Trinajstić information content (AvgIpc) is 2.14. The van der Waals surface area contributed by atoms with E-state index in [0.717, 1.165) is 5.69 Å². The van der Waals surface area contributed by atoms with E-state index in [1.807, 2.05) is 0 Å². The van der Waals surface area contributed by atoms with Gasteiger partial charge in [0.1, 0.15) is 11.4 Å². The summed E-state index contributed by atoms with van der Waals surface area (Å²) in [4.78, 5) is 0. The molecule has 0 atom stereocenters. The summed E-state index contributed by atoms with van der Waals surface area (Å²) in [6, 6.07) is 0. The molecule has 0 aromatic carbocycles. The standard InChI is InChI=1S/C4H5ClN2O/c1-3-4(2-5)7-8-6-3/h2H2,1H3. The van der Waals surface area contributed by atoms with Crippen LogP contribution in [0.3, 0.4) is 0 Å². The van der Waals surface area contributed by atoms with Crippen molar-refractivity contribution >= 4 is 11.6 Å². The van der Waals surface area contributed by atoms with Crippen LogP contribution in [-0.2, 0) is 5.88 Å². The first-order valence-corrected chi connectivity index (χ1v) is 2.72. The van der Waals surface area contributed by atoms with Gasteiger partial charge in [-0.05, 0) is 6.92 Å². The van der Waals surface area contributed by atoms with Crippen molar-refractivity contribution in [3.63, 3.8) is 0 Å². The van der Waals surface area contributed by atoms with E-state index in [9.17, 15) is 0 Å². The van der Waals surface area contributed by atoms with Gasteiger partial charge in [0, 0.05) is 0 Å². The summed E-state index contributed by atoms with van der Waals surface area (Å²) in [6.07, 6.45) is 0. The third-order valence-electron chi connectivity index (χ3n) is 0.873. The second-order valence-electron chi connectivity index (χ2n) is 1.43. The topological polar surface area (TPSA) is 38.9 Å². The van der Waals surface area contributed by atoms with Gasteiger partial charge in [-0.15, -0.1) is 11.6 Å². The number of aromatic nitrogens is 2. The van der Waals surface area contributed by atoms with Crippen LogP contribution in [0.4, 0.5) is 0 Å². The first-order chi connectivity index (χ1) is 3.84. The summed E-state index contributed by atoms with van der Waals surface area (Å²) < 4.78 is 4.35. The highest BCUT2D eigenvalue weighted by atomic mass is 35.5. The van der Waals surface area contributed by atoms with Crippen molar-refractivity contribution in [1.82, 2.24) is 10.3 Å². The van der Waals surface area contributed by atoms with E-state index in [0.29, 0.717) is 11.6 Å². The molecule has 0 aliphatic rings. The maximum atomic E-state index is 5.41. The SMILES string of the molecule is Cc1nonc1CCl. The highest BCUT2D eigenvalue weighted by Gasteiger charge is 2.00. The molecule has 1 rings (SSSR count). The fourth-order valence-electron chi connectivity index (χ4n) is 0.371. The van der Waals surface area contributed by atoms with E-state index in [2.05, 4.69) is 14.9 Å². The van der Waals surface area contributed by atoms with Gasteiger partial charge in [0.05, 0.1) is 5.88 Å². The van der Waals surface area contributed by atoms with Crippen LogP contribution < -0.4 is 0 Å². The van der Waals surface area contributed by atoms with Crippen LogP contribution in [0.25, 0.3) is 0 Å². The first-order valence-electron chi connectivity index (χ1n) is 2.18. The van der Waals surface area contributed by atoms with Crippen molar-refractivity contribution in [3.05, 3.63) is 11.4 Å². The Hall–Kier alpha value is -0.570. The first kappa shape index (κ1) is 5.56. The van der Waals surface area contributed by atoms with Crippen molar-refractivity contribution in [2.24, 2.45) is 0 Å². The molecule has 8 heavy (non-hydrogen) atoms. The Labute approximate surface area is 51.6 Å². The van der Waals surface area contributed by atoms with Crippen molar-refractivity contribution in [3.8, 4) is 0 Å². The number of hydrogen-bond donors (Lipinski definition) is 0. The molecule has 4 heteroatoms. The van der Waals surface area contributed by atoms with Gasteiger partial charge in [-0.25, -0.2) is 4.63 Å². The molecule has 1 heterocycles. The molecule has 1 aromatic heterocycles. The molecule has 3 nitrogen and oxygen atoms in total. The van der Waals surface area contributed by atoms with Crippen LogP contribution in [0.1, 0.15) is 11.4 Å². The predicted molar refractivity (Wildman–Crippen MR) is 28.6 cm³/mol. The highest BCUT2D eigenvalue weighted by molar-refractivity contribution is 6.16. The lowest BCUT2D eigenvalue weighted by Crippen LogP contribution is -1.79. The summed E-state index contributed by atoms with van der Waals surface area (Å²) in [5.41, 5.74) is 1.48. The van der Waals surface area contributed by atoms with Gasteiger partial charge in [-0.1, -0.05) is 10.3 Å². The number of alkyl halides is 1. The number of nitrogens with zero attached hydrogens (tertiary/aromatic N) is 2. The van der Waals surface area contributed by atoms with E-state index in [1.54, 1.807) is 6.92 Å². The van der Waals surface area contributed by atoms with E-state index >= 15 is 0 Å². The maximum Gasteiger partial charge on any atom is 0.122 e. The molecule has 0 saturated carbocycles. The lowest BCUT2D eigenvalue weighted by atomic mass is 10.4. The Balaban J connectivity index is 2.92. The molecule has 0 unspecified atom stereocenters. The molecular formula is C4H5ClN2O. The van der Waals surface area contributed by atoms with Crippen molar-refractivity contribution in [2.45, 2.75) is 12.8 Å². The molecule has 0 amide bonds. The number of rotatable bonds is 1. The second-order valence-corrected chi connectivity index (χ2v) is 1.70. The van der Waals surface area contributed by atoms with Gasteiger partial charge in [0.2, 0.25) is 0 Å². The number of hydrogen-bond acceptors (Lipinski definition) is 3. The molecule has 0 N–H and O–H groups in total. The minimum atomic E-state index is 0.370. The zero-order chi connectivity index (χ0) is 5.98. The summed E-state index contributed by atoms with van der Waals surface area (Å²) in [5, 5.41) is 7.03. The van der Waals surface area contributed by atoms with Crippen LogP contribution in [0.5, 0.6) is 0 Å². The third-order valence-corrected chi connectivity index (χ3v) is 1.13. The molecular weight excluding hydrogens is 128 g/mol. The molecule has 0 saturated heterocycles. The Bertz CT molecular complexity index is 174. The van der Waals surface area contributed by atoms with E-state index < -0.39 is 0 Å². The summed E-state index contributed by atoms with van der Waals surface area (Å²) in [7, 11) is 0. The lowest BCUT2D eigenvalue weighted by molar-refractivity contribution is 0.302. The Morgan fingerprint density at radius 3 is 2.62 bits per heavy atom. The zero-order valence-corrected chi connectivity index (χ0v) is 5.14. The van der Waals surface area contributed by atoms with Crippen LogP contribution in [0.15, 0.2) is 4.63 Å². The Kier molecular flexibility index (Phi) is 1.48. The minimum absolute atomic E-state index is 0.370. The quantitative estimate of drug-likeness (QED) is 0.538. The zero-order valence-electron chi connectivity index (χ0n) is 4.39. The van der Waals surface area contributed by atoms with Gasteiger partial charge in [-0.2, -0.15) is 0 Å². The van der Waals surface area contributed by atoms with Crippen LogP contribution >= 0.6 is 11.6 Å². The third kappa shape index (κ3) is 0.816. The summed E-state index contributed by atoms with van der Waals surface area (Å²) in [6.45, 7) is 1.80. The summed E-state index contributed by atoms with van der Waals surface area (Å²) in [5.74, 6) is 0.370. The van der Waals surface area contributed by atoms with Gasteiger partial charge < -0.3 is 0 Å². The van der Waals surface area contributed by atoms with E-state index in [1.165, 1.54) is 0 Å². The van der Waals surface area contributed by atoms with E-state index in [4.69, 9.17) is 11.6 Å².